The first kappa shape index (κ1) is 13.7. The Kier molecular flexibility index (Phi) is 3.00. The summed E-state index contributed by atoms with van der Waals surface area (Å²) < 4.78 is 15.4. The summed E-state index contributed by atoms with van der Waals surface area (Å²) in [6.07, 6.45) is 3.75. The van der Waals surface area contributed by atoms with Crippen molar-refractivity contribution in [3.8, 4) is 5.69 Å². The SMILES string of the molecule is Cc1[nH]nc2c1C(c1cnn(-c3ccccc3F)c1)CC(=O)N2. The number of amides is 1. The quantitative estimate of drug-likeness (QED) is 0.763. The number of aryl methyl sites for hydroxylation is 1. The van der Waals surface area contributed by atoms with Gasteiger partial charge in [0.05, 0.1) is 6.20 Å². The fourth-order valence-electron chi connectivity index (χ4n) is 3.00. The van der Waals surface area contributed by atoms with E-state index in [9.17, 15) is 9.18 Å². The van der Waals surface area contributed by atoms with Gasteiger partial charge in [0.1, 0.15) is 11.5 Å². The van der Waals surface area contributed by atoms with Crippen LogP contribution < -0.4 is 5.32 Å². The molecule has 6 nitrogen and oxygen atoms in total. The molecule has 1 amide bonds. The highest BCUT2D eigenvalue weighted by atomic mass is 19.1. The molecule has 0 spiro atoms. The van der Waals surface area contributed by atoms with E-state index in [1.54, 1.807) is 30.6 Å². The average Bonchev–Trinajstić information content (AvgIpc) is 3.15. The molecule has 3 heterocycles. The molecule has 116 valence electrons. The van der Waals surface area contributed by atoms with Crippen LogP contribution in [0, 0.1) is 12.7 Å². The molecule has 0 bridgehead atoms. The molecule has 2 N–H and O–H groups in total. The third kappa shape index (κ3) is 2.21. The number of hydrogen-bond acceptors (Lipinski definition) is 3. The molecule has 7 heteroatoms. The number of carbonyl (C=O) groups is 1. The average molecular weight is 311 g/mol. The van der Waals surface area contributed by atoms with Crippen LogP contribution in [-0.4, -0.2) is 25.9 Å². The second-order valence-electron chi connectivity index (χ2n) is 5.59. The summed E-state index contributed by atoms with van der Waals surface area (Å²) in [7, 11) is 0. The molecule has 23 heavy (non-hydrogen) atoms. The van der Waals surface area contributed by atoms with Crippen molar-refractivity contribution in [3.05, 3.63) is 59.3 Å². The van der Waals surface area contributed by atoms with Crippen LogP contribution in [0.5, 0.6) is 0 Å². The van der Waals surface area contributed by atoms with Crippen molar-refractivity contribution in [1.29, 1.82) is 0 Å². The zero-order valence-corrected chi connectivity index (χ0v) is 12.4. The number of hydrogen-bond donors (Lipinski definition) is 2. The minimum absolute atomic E-state index is 0.0901. The first-order valence-electron chi connectivity index (χ1n) is 7.27. The van der Waals surface area contributed by atoms with Crippen molar-refractivity contribution in [1.82, 2.24) is 20.0 Å². The molecule has 0 fully saturated rings. The molecule has 1 aliphatic rings. The van der Waals surface area contributed by atoms with E-state index in [0.717, 1.165) is 16.8 Å². The van der Waals surface area contributed by atoms with Crippen LogP contribution in [0.3, 0.4) is 0 Å². The second kappa shape index (κ2) is 5.05. The summed E-state index contributed by atoms with van der Waals surface area (Å²) in [5, 5.41) is 14.0. The van der Waals surface area contributed by atoms with Crippen molar-refractivity contribution in [2.75, 3.05) is 5.32 Å². The lowest BCUT2D eigenvalue weighted by Crippen LogP contribution is -2.23. The van der Waals surface area contributed by atoms with Gasteiger partial charge in [0.2, 0.25) is 5.91 Å². The summed E-state index contributed by atoms with van der Waals surface area (Å²) in [6, 6.07) is 6.44. The van der Waals surface area contributed by atoms with E-state index in [4.69, 9.17) is 0 Å². The number of nitrogens with zero attached hydrogens (tertiary/aromatic N) is 3. The summed E-state index contributed by atoms with van der Waals surface area (Å²) in [5.74, 6) is -0.0169. The first-order valence-corrected chi connectivity index (χ1v) is 7.27. The summed E-state index contributed by atoms with van der Waals surface area (Å²) in [4.78, 5) is 11.9. The second-order valence-corrected chi connectivity index (χ2v) is 5.59. The number of H-pyrrole nitrogens is 1. The van der Waals surface area contributed by atoms with E-state index in [-0.39, 0.29) is 17.6 Å². The van der Waals surface area contributed by atoms with Gasteiger partial charge >= 0.3 is 0 Å². The largest absolute Gasteiger partial charge is 0.309 e. The maximum absolute atomic E-state index is 13.9. The van der Waals surface area contributed by atoms with E-state index in [2.05, 4.69) is 20.6 Å². The topological polar surface area (TPSA) is 75.6 Å². The first-order chi connectivity index (χ1) is 11.1. The fraction of sp³-hybridized carbons (Fsp3) is 0.188. The molecular weight excluding hydrogens is 297 g/mol. The third-order valence-electron chi connectivity index (χ3n) is 4.09. The number of benzene rings is 1. The predicted molar refractivity (Wildman–Crippen MR) is 81.9 cm³/mol. The van der Waals surface area contributed by atoms with E-state index in [0.29, 0.717) is 17.9 Å². The molecule has 1 aromatic carbocycles. The Morgan fingerprint density at radius 2 is 2.17 bits per heavy atom. The zero-order chi connectivity index (χ0) is 16.0. The van der Waals surface area contributed by atoms with Gasteiger partial charge in [-0.3, -0.25) is 9.89 Å². The van der Waals surface area contributed by atoms with Gasteiger partial charge in [-0.15, -0.1) is 0 Å². The van der Waals surface area contributed by atoms with E-state index >= 15 is 0 Å². The number of aromatic nitrogens is 4. The fourth-order valence-corrected chi connectivity index (χ4v) is 3.00. The van der Waals surface area contributed by atoms with Crippen LogP contribution in [0.1, 0.15) is 29.2 Å². The Morgan fingerprint density at radius 1 is 1.35 bits per heavy atom. The van der Waals surface area contributed by atoms with Gasteiger partial charge in [0, 0.05) is 29.8 Å². The lowest BCUT2D eigenvalue weighted by atomic mass is 9.87. The van der Waals surface area contributed by atoms with Crippen molar-refractivity contribution in [2.45, 2.75) is 19.3 Å². The number of halogens is 1. The number of aromatic amines is 1. The Labute approximate surface area is 131 Å². The molecule has 0 saturated carbocycles. The van der Waals surface area contributed by atoms with Crippen LogP contribution in [0.4, 0.5) is 10.2 Å². The molecular formula is C16H14FN5O. The normalized spacial score (nSPS) is 17.0. The summed E-state index contributed by atoms with van der Waals surface area (Å²) >= 11 is 0. The number of rotatable bonds is 2. The Hall–Kier alpha value is -2.96. The standard InChI is InChI=1S/C16H14FN5O/c1-9-15-11(6-14(23)19-16(15)21-20-9)10-7-18-22(8-10)13-5-3-2-4-12(13)17/h2-5,7-8,11H,6H2,1H3,(H2,19,20,21,23). The van der Waals surface area contributed by atoms with Crippen LogP contribution in [0.15, 0.2) is 36.7 Å². The number of nitrogens with one attached hydrogen (secondary N) is 2. The molecule has 1 atom stereocenters. The molecule has 1 unspecified atom stereocenters. The van der Waals surface area contributed by atoms with Gasteiger partial charge in [-0.05, 0) is 24.6 Å². The highest BCUT2D eigenvalue weighted by Crippen LogP contribution is 2.37. The molecule has 2 aromatic heterocycles. The van der Waals surface area contributed by atoms with Crippen molar-refractivity contribution in [3.63, 3.8) is 0 Å². The van der Waals surface area contributed by atoms with Crippen LogP contribution in [-0.2, 0) is 4.79 Å². The third-order valence-corrected chi connectivity index (χ3v) is 4.09. The lowest BCUT2D eigenvalue weighted by molar-refractivity contribution is -0.116. The van der Waals surface area contributed by atoms with E-state index in [1.807, 2.05) is 6.92 Å². The zero-order valence-electron chi connectivity index (χ0n) is 12.4. The van der Waals surface area contributed by atoms with Gasteiger partial charge in [0.15, 0.2) is 5.82 Å². The minimum atomic E-state index is -0.344. The maximum atomic E-state index is 13.9. The molecule has 1 aliphatic heterocycles. The smallest absolute Gasteiger partial charge is 0.226 e. The van der Waals surface area contributed by atoms with Gasteiger partial charge < -0.3 is 5.32 Å². The number of para-hydroxylation sites is 1. The van der Waals surface area contributed by atoms with Gasteiger partial charge in [-0.2, -0.15) is 10.2 Å². The van der Waals surface area contributed by atoms with Crippen LogP contribution in [0.25, 0.3) is 5.69 Å². The maximum Gasteiger partial charge on any atom is 0.226 e. The highest BCUT2D eigenvalue weighted by Gasteiger charge is 2.31. The number of carbonyl (C=O) groups excluding carboxylic acids is 1. The highest BCUT2D eigenvalue weighted by molar-refractivity contribution is 5.94. The van der Waals surface area contributed by atoms with E-state index < -0.39 is 0 Å². The predicted octanol–water partition coefficient (Wildman–Crippen LogP) is 2.52. The van der Waals surface area contributed by atoms with Gasteiger partial charge in [0.25, 0.3) is 0 Å². The molecule has 0 aliphatic carbocycles. The van der Waals surface area contributed by atoms with Crippen LogP contribution >= 0.6 is 0 Å². The van der Waals surface area contributed by atoms with Gasteiger partial charge in [-0.1, -0.05) is 12.1 Å². The van der Waals surface area contributed by atoms with Crippen molar-refractivity contribution >= 4 is 11.7 Å². The molecule has 4 rings (SSSR count). The Bertz CT molecular complexity index is 898. The monoisotopic (exact) mass is 311 g/mol. The Balaban J connectivity index is 1.77. The lowest BCUT2D eigenvalue weighted by Gasteiger charge is -2.21. The molecule has 0 saturated heterocycles. The van der Waals surface area contributed by atoms with Crippen LogP contribution in [0.2, 0.25) is 0 Å². The minimum Gasteiger partial charge on any atom is -0.309 e. The van der Waals surface area contributed by atoms with E-state index in [1.165, 1.54) is 10.7 Å². The Morgan fingerprint density at radius 3 is 3.00 bits per heavy atom. The van der Waals surface area contributed by atoms with Crippen molar-refractivity contribution in [2.24, 2.45) is 0 Å². The molecule has 3 aromatic rings. The number of fused-ring (bicyclic) bond motifs is 1. The summed E-state index contributed by atoms with van der Waals surface area (Å²) in [5.41, 5.74) is 3.10. The molecule has 0 radical (unpaired) electrons. The number of anilines is 1. The summed E-state index contributed by atoms with van der Waals surface area (Å²) in [6.45, 7) is 1.91. The van der Waals surface area contributed by atoms with Crippen molar-refractivity contribution < 1.29 is 9.18 Å². The van der Waals surface area contributed by atoms with Gasteiger partial charge in [-0.25, -0.2) is 9.07 Å².